The number of sulfonamides is 1. The molecular formula is C15H25N3O3S. The van der Waals surface area contributed by atoms with Crippen LogP contribution in [0.25, 0.3) is 0 Å². The number of hydrogen-bond donors (Lipinski definition) is 0. The Morgan fingerprint density at radius 2 is 2.14 bits per heavy atom. The Kier molecular flexibility index (Phi) is 4.07. The molecule has 2 aliphatic rings. The van der Waals surface area contributed by atoms with E-state index >= 15 is 0 Å². The molecule has 2 aliphatic carbocycles. The fourth-order valence-electron chi connectivity index (χ4n) is 4.23. The maximum absolute atomic E-state index is 12.8. The number of aromatic nitrogens is 2. The minimum atomic E-state index is -3.49. The third-order valence-corrected chi connectivity index (χ3v) is 7.26. The summed E-state index contributed by atoms with van der Waals surface area (Å²) in [6.07, 6.45) is 8.45. The summed E-state index contributed by atoms with van der Waals surface area (Å²) in [4.78, 5) is 0.269. The fourth-order valence-corrected chi connectivity index (χ4v) is 5.66. The van der Waals surface area contributed by atoms with Crippen LogP contribution in [-0.2, 0) is 21.8 Å². The van der Waals surface area contributed by atoms with Gasteiger partial charge in [-0.3, -0.25) is 4.68 Å². The summed E-state index contributed by atoms with van der Waals surface area (Å²) < 4.78 is 34.6. The molecule has 0 saturated heterocycles. The molecule has 6 nitrogen and oxygen atoms in total. The van der Waals surface area contributed by atoms with E-state index in [1.165, 1.54) is 23.7 Å². The maximum Gasteiger partial charge on any atom is 0.246 e. The molecule has 1 spiro atoms. The van der Waals surface area contributed by atoms with Crippen molar-refractivity contribution >= 4 is 10.0 Å². The van der Waals surface area contributed by atoms with Crippen LogP contribution in [0.5, 0.6) is 0 Å². The summed E-state index contributed by atoms with van der Waals surface area (Å²) in [5, 5.41) is 3.99. The molecule has 1 heterocycles. The topological polar surface area (TPSA) is 64.4 Å². The molecule has 1 aromatic rings. The summed E-state index contributed by atoms with van der Waals surface area (Å²) >= 11 is 0. The third-order valence-electron chi connectivity index (χ3n) is 5.44. The molecule has 0 radical (unpaired) electrons. The van der Waals surface area contributed by atoms with E-state index in [1.807, 2.05) is 6.92 Å². The predicted molar refractivity (Wildman–Crippen MR) is 82.9 cm³/mol. The van der Waals surface area contributed by atoms with Crippen molar-refractivity contribution in [1.82, 2.24) is 14.1 Å². The molecule has 124 valence electrons. The van der Waals surface area contributed by atoms with Gasteiger partial charge in [0.15, 0.2) is 0 Å². The molecule has 2 saturated carbocycles. The van der Waals surface area contributed by atoms with Gasteiger partial charge in [0, 0.05) is 38.4 Å². The zero-order chi connectivity index (χ0) is 16.0. The van der Waals surface area contributed by atoms with E-state index in [-0.39, 0.29) is 22.5 Å². The van der Waals surface area contributed by atoms with Gasteiger partial charge >= 0.3 is 0 Å². The fraction of sp³-hybridized carbons (Fsp3) is 0.800. The average molecular weight is 327 g/mol. The molecule has 0 aliphatic heterocycles. The first-order chi connectivity index (χ1) is 10.4. The molecule has 2 fully saturated rings. The van der Waals surface area contributed by atoms with Crippen molar-refractivity contribution < 1.29 is 13.2 Å². The third kappa shape index (κ3) is 2.30. The van der Waals surface area contributed by atoms with Gasteiger partial charge in [-0.15, -0.1) is 0 Å². The molecule has 0 bridgehead atoms. The van der Waals surface area contributed by atoms with Crippen molar-refractivity contribution in [2.45, 2.75) is 56.1 Å². The van der Waals surface area contributed by atoms with Crippen LogP contribution in [0.3, 0.4) is 0 Å². The molecular weight excluding hydrogens is 302 g/mol. The van der Waals surface area contributed by atoms with E-state index in [0.29, 0.717) is 6.61 Å². The summed E-state index contributed by atoms with van der Waals surface area (Å²) in [6.45, 7) is 2.70. The summed E-state index contributed by atoms with van der Waals surface area (Å²) in [6, 6.07) is 0.0387. The highest BCUT2D eigenvalue weighted by Gasteiger charge is 2.59. The van der Waals surface area contributed by atoms with Gasteiger partial charge in [-0.1, -0.05) is 12.8 Å². The van der Waals surface area contributed by atoms with Crippen LogP contribution in [0.4, 0.5) is 0 Å². The number of nitrogens with zero attached hydrogens (tertiary/aromatic N) is 3. The Morgan fingerprint density at radius 3 is 2.68 bits per heavy atom. The van der Waals surface area contributed by atoms with E-state index in [1.54, 1.807) is 24.6 Å². The first kappa shape index (κ1) is 16.0. The van der Waals surface area contributed by atoms with E-state index < -0.39 is 10.0 Å². The molecule has 7 heteroatoms. The number of rotatable bonds is 5. The van der Waals surface area contributed by atoms with Crippen LogP contribution in [0.1, 0.15) is 39.0 Å². The van der Waals surface area contributed by atoms with Crippen LogP contribution in [-0.4, -0.2) is 48.3 Å². The van der Waals surface area contributed by atoms with E-state index in [4.69, 9.17) is 4.74 Å². The van der Waals surface area contributed by atoms with E-state index in [9.17, 15) is 8.42 Å². The predicted octanol–water partition coefficient (Wildman–Crippen LogP) is 1.78. The van der Waals surface area contributed by atoms with Crippen molar-refractivity contribution in [1.29, 1.82) is 0 Å². The van der Waals surface area contributed by atoms with Crippen LogP contribution in [0.15, 0.2) is 17.3 Å². The van der Waals surface area contributed by atoms with E-state index in [0.717, 1.165) is 19.3 Å². The zero-order valence-corrected chi connectivity index (χ0v) is 14.3. The Hall–Kier alpha value is -0.920. The van der Waals surface area contributed by atoms with Gasteiger partial charge in [-0.05, 0) is 26.2 Å². The highest BCUT2D eigenvalue weighted by atomic mass is 32.2. The molecule has 22 heavy (non-hydrogen) atoms. The number of ether oxygens (including phenoxy) is 1. The van der Waals surface area contributed by atoms with Crippen LogP contribution in [0, 0.1) is 5.41 Å². The highest BCUT2D eigenvalue weighted by molar-refractivity contribution is 7.89. The first-order valence-electron chi connectivity index (χ1n) is 8.00. The van der Waals surface area contributed by atoms with E-state index in [2.05, 4.69) is 5.10 Å². The largest absolute Gasteiger partial charge is 0.378 e. The maximum atomic E-state index is 12.8. The van der Waals surface area contributed by atoms with Crippen molar-refractivity contribution in [3.63, 3.8) is 0 Å². The Bertz CT molecular complexity index is 634. The lowest BCUT2D eigenvalue weighted by atomic mass is 9.60. The first-order valence-corrected chi connectivity index (χ1v) is 9.44. The molecule has 0 N–H and O–H groups in total. The Balaban J connectivity index is 1.84. The standard InChI is InChI=1S/C15H25N3O3S/c1-4-21-14-9-13(15(14)7-5-6-8-15)18(3)22(19,20)12-10-16-17(2)11-12/h10-11,13-14H,4-9H2,1-3H3. The van der Waals surface area contributed by atoms with Crippen molar-refractivity contribution in [2.75, 3.05) is 13.7 Å². The lowest BCUT2D eigenvalue weighted by molar-refractivity contribution is -0.145. The average Bonchev–Trinajstić information content (AvgIpc) is 3.12. The van der Waals surface area contributed by atoms with Gasteiger partial charge in [0.2, 0.25) is 10.0 Å². The molecule has 2 unspecified atom stereocenters. The highest BCUT2D eigenvalue weighted by Crippen LogP contribution is 2.57. The van der Waals surface area contributed by atoms with Gasteiger partial charge in [0.05, 0.1) is 12.3 Å². The molecule has 2 atom stereocenters. The molecule has 0 amide bonds. The van der Waals surface area contributed by atoms with Crippen LogP contribution in [0.2, 0.25) is 0 Å². The van der Waals surface area contributed by atoms with Crippen molar-refractivity contribution in [3.8, 4) is 0 Å². The minimum Gasteiger partial charge on any atom is -0.378 e. The SMILES string of the molecule is CCOC1CC(N(C)S(=O)(=O)c2cnn(C)c2)C12CCCC2. The minimum absolute atomic E-state index is 0.0139. The smallest absolute Gasteiger partial charge is 0.246 e. The van der Waals surface area contributed by atoms with Crippen LogP contribution < -0.4 is 0 Å². The lowest BCUT2D eigenvalue weighted by Gasteiger charge is -2.56. The molecule has 1 aromatic heterocycles. The second kappa shape index (κ2) is 5.62. The Labute approximate surface area is 132 Å². The number of hydrogen-bond acceptors (Lipinski definition) is 4. The lowest BCUT2D eigenvalue weighted by Crippen LogP contribution is -2.63. The second-order valence-electron chi connectivity index (χ2n) is 6.51. The summed E-state index contributed by atoms with van der Waals surface area (Å²) in [5.74, 6) is 0. The Morgan fingerprint density at radius 1 is 1.45 bits per heavy atom. The summed E-state index contributed by atoms with van der Waals surface area (Å²) in [7, 11) is -0.0539. The second-order valence-corrected chi connectivity index (χ2v) is 8.50. The van der Waals surface area contributed by atoms with Crippen molar-refractivity contribution in [2.24, 2.45) is 12.5 Å². The number of aryl methyl sites for hydroxylation is 1. The van der Waals surface area contributed by atoms with Crippen LogP contribution >= 0.6 is 0 Å². The monoisotopic (exact) mass is 327 g/mol. The normalized spacial score (nSPS) is 27.5. The van der Waals surface area contributed by atoms with Gasteiger partial charge in [0.1, 0.15) is 4.90 Å². The van der Waals surface area contributed by atoms with Crippen molar-refractivity contribution in [3.05, 3.63) is 12.4 Å². The van der Waals surface area contributed by atoms with Gasteiger partial charge in [-0.2, -0.15) is 9.40 Å². The quantitative estimate of drug-likeness (QED) is 0.827. The van der Waals surface area contributed by atoms with Gasteiger partial charge in [-0.25, -0.2) is 8.42 Å². The van der Waals surface area contributed by atoms with Gasteiger partial charge < -0.3 is 4.74 Å². The zero-order valence-electron chi connectivity index (χ0n) is 13.5. The molecule has 0 aromatic carbocycles. The van der Waals surface area contributed by atoms with Gasteiger partial charge in [0.25, 0.3) is 0 Å². The summed E-state index contributed by atoms with van der Waals surface area (Å²) in [5.41, 5.74) is 0.0139. The molecule has 3 rings (SSSR count).